The molecule has 7 heteroatoms. The molecule has 34 heavy (non-hydrogen) atoms. The first-order valence-corrected chi connectivity index (χ1v) is 11.2. The molecule has 0 aliphatic rings. The third-order valence-corrected chi connectivity index (χ3v) is 5.77. The van der Waals surface area contributed by atoms with Crippen molar-refractivity contribution >= 4 is 22.8 Å². The summed E-state index contributed by atoms with van der Waals surface area (Å²) in [6.45, 7) is 4.16. The average Bonchev–Trinajstić information content (AvgIpc) is 3.25. The summed E-state index contributed by atoms with van der Waals surface area (Å²) < 4.78 is 15.5. The number of nitrogens with one attached hydrogen (secondary N) is 2. The fraction of sp³-hybridized carbons (Fsp3) is 0.222. The maximum atomic E-state index is 13.6. The van der Waals surface area contributed by atoms with E-state index in [9.17, 15) is 14.0 Å². The number of imidazole rings is 1. The second-order valence-electron chi connectivity index (χ2n) is 8.56. The van der Waals surface area contributed by atoms with Crippen LogP contribution in [0.2, 0.25) is 0 Å². The minimum Gasteiger partial charge on any atom is -0.346 e. The van der Waals surface area contributed by atoms with E-state index in [-0.39, 0.29) is 23.5 Å². The van der Waals surface area contributed by atoms with Crippen molar-refractivity contribution in [1.82, 2.24) is 20.2 Å². The SMILES string of the molecule is CC(C)C(NC(=O)c1ccccc1)C(=O)NC(Cn1cnc2ccccc21)c1ccc(F)cc1. The van der Waals surface area contributed by atoms with E-state index in [4.69, 9.17) is 0 Å². The maximum absolute atomic E-state index is 13.6. The summed E-state index contributed by atoms with van der Waals surface area (Å²) in [4.78, 5) is 30.5. The van der Waals surface area contributed by atoms with Gasteiger partial charge in [-0.25, -0.2) is 9.37 Å². The Morgan fingerprint density at radius 1 is 0.912 bits per heavy atom. The Balaban J connectivity index is 1.58. The van der Waals surface area contributed by atoms with Crippen LogP contribution in [-0.4, -0.2) is 27.4 Å². The second-order valence-corrected chi connectivity index (χ2v) is 8.56. The van der Waals surface area contributed by atoms with E-state index in [0.717, 1.165) is 16.6 Å². The van der Waals surface area contributed by atoms with E-state index in [1.807, 2.05) is 48.7 Å². The first-order chi connectivity index (χ1) is 16.4. The van der Waals surface area contributed by atoms with E-state index in [1.54, 1.807) is 42.7 Å². The third-order valence-electron chi connectivity index (χ3n) is 5.77. The van der Waals surface area contributed by atoms with Crippen LogP contribution in [0.25, 0.3) is 11.0 Å². The molecule has 2 atom stereocenters. The summed E-state index contributed by atoms with van der Waals surface area (Å²) >= 11 is 0. The zero-order valence-corrected chi connectivity index (χ0v) is 19.1. The minimum absolute atomic E-state index is 0.143. The molecule has 0 fully saturated rings. The van der Waals surface area contributed by atoms with Crippen molar-refractivity contribution in [1.29, 1.82) is 0 Å². The summed E-state index contributed by atoms with van der Waals surface area (Å²) in [6.07, 6.45) is 1.73. The van der Waals surface area contributed by atoms with Crippen molar-refractivity contribution in [3.8, 4) is 0 Å². The van der Waals surface area contributed by atoms with Gasteiger partial charge in [0.05, 0.1) is 23.4 Å². The lowest BCUT2D eigenvalue weighted by molar-refractivity contribution is -0.124. The quantitative estimate of drug-likeness (QED) is 0.409. The van der Waals surface area contributed by atoms with E-state index in [0.29, 0.717) is 12.1 Å². The molecule has 2 N–H and O–H groups in total. The molecule has 174 valence electrons. The van der Waals surface area contributed by atoms with Crippen LogP contribution in [0.15, 0.2) is 85.2 Å². The highest BCUT2D eigenvalue weighted by atomic mass is 19.1. The molecular formula is C27H27FN4O2. The van der Waals surface area contributed by atoms with Crippen molar-refractivity contribution in [2.75, 3.05) is 0 Å². The number of para-hydroxylation sites is 2. The van der Waals surface area contributed by atoms with Crippen LogP contribution in [0.3, 0.4) is 0 Å². The Bertz CT molecular complexity index is 1270. The molecule has 0 aliphatic heterocycles. The summed E-state index contributed by atoms with van der Waals surface area (Å²) in [5.74, 6) is -1.11. The molecule has 0 bridgehead atoms. The first kappa shape index (κ1) is 23.2. The lowest BCUT2D eigenvalue weighted by Crippen LogP contribution is -2.50. The van der Waals surface area contributed by atoms with Crippen molar-refractivity contribution in [3.05, 3.63) is 102 Å². The summed E-state index contributed by atoms with van der Waals surface area (Å²) in [5, 5.41) is 5.93. The number of nitrogens with zero attached hydrogens (tertiary/aromatic N) is 2. The smallest absolute Gasteiger partial charge is 0.251 e. The lowest BCUT2D eigenvalue weighted by atomic mass is 10.0. The standard InChI is InChI=1S/C27H27FN4O2/c1-18(2)25(31-26(33)20-8-4-3-5-9-20)27(34)30-23(19-12-14-21(28)15-13-19)16-32-17-29-22-10-6-7-11-24(22)32/h3-15,17-18,23,25H,16H2,1-2H3,(H,30,34)(H,31,33). The number of carbonyl (C=O) groups excluding carboxylic acids is 2. The van der Waals surface area contributed by atoms with Gasteiger partial charge in [-0.3, -0.25) is 9.59 Å². The Kier molecular flexibility index (Phi) is 7.01. The van der Waals surface area contributed by atoms with Gasteiger partial charge in [0.1, 0.15) is 11.9 Å². The van der Waals surface area contributed by atoms with Gasteiger partial charge in [-0.05, 0) is 47.9 Å². The van der Waals surface area contributed by atoms with E-state index >= 15 is 0 Å². The van der Waals surface area contributed by atoms with Gasteiger partial charge in [-0.1, -0.05) is 56.3 Å². The van der Waals surface area contributed by atoms with Gasteiger partial charge in [0.2, 0.25) is 5.91 Å². The van der Waals surface area contributed by atoms with Gasteiger partial charge in [0.15, 0.2) is 0 Å². The summed E-state index contributed by atoms with van der Waals surface area (Å²) in [5.41, 5.74) is 3.02. The molecule has 6 nitrogen and oxygen atoms in total. The van der Waals surface area contributed by atoms with Crippen molar-refractivity contribution in [2.24, 2.45) is 5.92 Å². The zero-order valence-electron chi connectivity index (χ0n) is 19.1. The topological polar surface area (TPSA) is 76.0 Å². The van der Waals surface area contributed by atoms with Gasteiger partial charge in [-0.15, -0.1) is 0 Å². The van der Waals surface area contributed by atoms with Crippen LogP contribution in [0, 0.1) is 11.7 Å². The average molecular weight is 459 g/mol. The van der Waals surface area contributed by atoms with Gasteiger partial charge in [0.25, 0.3) is 5.91 Å². The van der Waals surface area contributed by atoms with Crippen LogP contribution in [-0.2, 0) is 11.3 Å². The molecule has 0 saturated carbocycles. The molecule has 3 aromatic carbocycles. The zero-order chi connectivity index (χ0) is 24.1. The fourth-order valence-electron chi connectivity index (χ4n) is 3.89. The predicted molar refractivity (Wildman–Crippen MR) is 130 cm³/mol. The first-order valence-electron chi connectivity index (χ1n) is 11.2. The largest absolute Gasteiger partial charge is 0.346 e. The van der Waals surface area contributed by atoms with Crippen molar-refractivity contribution < 1.29 is 14.0 Å². The highest BCUT2D eigenvalue weighted by Crippen LogP contribution is 2.20. The molecule has 4 rings (SSSR count). The molecule has 4 aromatic rings. The molecule has 1 heterocycles. The molecular weight excluding hydrogens is 431 g/mol. The number of carbonyl (C=O) groups is 2. The van der Waals surface area contributed by atoms with Gasteiger partial charge < -0.3 is 15.2 Å². The fourth-order valence-corrected chi connectivity index (χ4v) is 3.89. The van der Waals surface area contributed by atoms with Crippen LogP contribution in [0.5, 0.6) is 0 Å². The predicted octanol–water partition coefficient (Wildman–Crippen LogP) is 4.49. The minimum atomic E-state index is -0.741. The maximum Gasteiger partial charge on any atom is 0.251 e. The highest BCUT2D eigenvalue weighted by molar-refractivity contribution is 5.97. The van der Waals surface area contributed by atoms with Gasteiger partial charge in [-0.2, -0.15) is 0 Å². The van der Waals surface area contributed by atoms with Crippen molar-refractivity contribution in [3.63, 3.8) is 0 Å². The van der Waals surface area contributed by atoms with Crippen molar-refractivity contribution in [2.45, 2.75) is 32.5 Å². The van der Waals surface area contributed by atoms with E-state index < -0.39 is 12.1 Å². The van der Waals surface area contributed by atoms with Crippen LogP contribution >= 0.6 is 0 Å². The number of amides is 2. The van der Waals surface area contributed by atoms with E-state index in [2.05, 4.69) is 15.6 Å². The number of aromatic nitrogens is 2. The number of hydrogen-bond donors (Lipinski definition) is 2. The molecule has 0 radical (unpaired) electrons. The molecule has 2 amide bonds. The monoisotopic (exact) mass is 458 g/mol. The number of hydrogen-bond acceptors (Lipinski definition) is 3. The van der Waals surface area contributed by atoms with Crippen LogP contribution in [0.4, 0.5) is 4.39 Å². The Hall–Kier alpha value is -4.00. The molecule has 2 unspecified atom stereocenters. The van der Waals surface area contributed by atoms with Gasteiger partial charge in [0, 0.05) is 12.1 Å². The van der Waals surface area contributed by atoms with E-state index in [1.165, 1.54) is 12.1 Å². The number of rotatable bonds is 8. The Labute approximate surface area is 197 Å². The third kappa shape index (κ3) is 5.31. The Morgan fingerprint density at radius 3 is 2.29 bits per heavy atom. The molecule has 0 saturated heterocycles. The summed E-state index contributed by atoms with van der Waals surface area (Å²) in [6, 6.07) is 21.4. The van der Waals surface area contributed by atoms with Gasteiger partial charge >= 0.3 is 0 Å². The number of fused-ring (bicyclic) bond motifs is 1. The second kappa shape index (κ2) is 10.3. The number of benzene rings is 3. The summed E-state index contributed by atoms with van der Waals surface area (Å²) in [7, 11) is 0. The van der Waals surface area contributed by atoms with Crippen LogP contribution < -0.4 is 10.6 Å². The number of halogens is 1. The van der Waals surface area contributed by atoms with Crippen LogP contribution in [0.1, 0.15) is 35.8 Å². The Morgan fingerprint density at radius 2 is 1.59 bits per heavy atom. The normalized spacial score (nSPS) is 12.9. The molecule has 0 aliphatic carbocycles. The lowest BCUT2D eigenvalue weighted by Gasteiger charge is -2.26. The molecule has 1 aromatic heterocycles. The highest BCUT2D eigenvalue weighted by Gasteiger charge is 2.27. The molecule has 0 spiro atoms.